The van der Waals surface area contributed by atoms with Crippen LogP contribution in [0.2, 0.25) is 0 Å². The van der Waals surface area contributed by atoms with Crippen LogP contribution in [0.5, 0.6) is 0 Å². The van der Waals surface area contributed by atoms with Crippen LogP contribution in [0.1, 0.15) is 23.1 Å². The molecule has 1 heterocycles. The third-order valence-corrected chi connectivity index (χ3v) is 4.03. The number of rotatable bonds is 3. The molecule has 114 valence electrons. The highest BCUT2D eigenvalue weighted by molar-refractivity contribution is 5.87. The summed E-state index contributed by atoms with van der Waals surface area (Å²) in [4.78, 5) is 13.2. The van der Waals surface area contributed by atoms with Crippen LogP contribution in [0.25, 0.3) is 0 Å². The lowest BCUT2D eigenvalue weighted by molar-refractivity contribution is -0.138. The maximum absolute atomic E-state index is 12.9. The van der Waals surface area contributed by atoms with Crippen LogP contribution in [0.15, 0.2) is 30.9 Å². The quantitative estimate of drug-likeness (QED) is 0.781. The molecule has 0 spiro atoms. The summed E-state index contributed by atoms with van der Waals surface area (Å²) in [5.74, 6) is 0.0920. The summed E-state index contributed by atoms with van der Waals surface area (Å²) >= 11 is 0. The molecule has 1 fully saturated rings. The largest absolute Gasteiger partial charge is 0.416 e. The first-order valence-electron chi connectivity index (χ1n) is 6.90. The van der Waals surface area contributed by atoms with Crippen LogP contribution < -0.4 is 0 Å². The second kappa shape index (κ2) is 5.92. The molecular weight excluding hydrogens is 279 g/mol. The van der Waals surface area contributed by atoms with Crippen LogP contribution >= 0.6 is 0 Å². The minimum absolute atomic E-state index is 0.113. The van der Waals surface area contributed by atoms with Gasteiger partial charge in [0.05, 0.1) is 5.56 Å². The standard InChI is InChI=1S/C16H18F3NO/c1-3-15(21)20-8-7-12(10-20)9-13-5-4-6-14(11(13)2)16(17,18)19/h3-6,12H,1,7-10H2,2H3/t12-/m1/s1. The van der Waals surface area contributed by atoms with Crippen molar-refractivity contribution in [2.75, 3.05) is 13.1 Å². The predicted molar refractivity (Wildman–Crippen MR) is 74.8 cm³/mol. The van der Waals surface area contributed by atoms with Gasteiger partial charge in [0.15, 0.2) is 0 Å². The van der Waals surface area contributed by atoms with Gasteiger partial charge in [0.2, 0.25) is 5.91 Å². The number of amides is 1. The van der Waals surface area contributed by atoms with E-state index in [9.17, 15) is 18.0 Å². The van der Waals surface area contributed by atoms with Crippen molar-refractivity contribution in [2.45, 2.75) is 25.9 Å². The zero-order valence-corrected chi connectivity index (χ0v) is 11.9. The minimum Gasteiger partial charge on any atom is -0.339 e. The van der Waals surface area contributed by atoms with Crippen molar-refractivity contribution in [1.29, 1.82) is 0 Å². The Morgan fingerprint density at radius 2 is 2.19 bits per heavy atom. The van der Waals surface area contributed by atoms with Crippen molar-refractivity contribution in [1.82, 2.24) is 4.90 Å². The number of halogens is 3. The number of hydrogen-bond acceptors (Lipinski definition) is 1. The van der Waals surface area contributed by atoms with E-state index in [1.807, 2.05) is 0 Å². The van der Waals surface area contributed by atoms with E-state index in [1.54, 1.807) is 11.0 Å². The summed E-state index contributed by atoms with van der Waals surface area (Å²) in [5.41, 5.74) is 0.429. The summed E-state index contributed by atoms with van der Waals surface area (Å²) in [6.07, 6.45) is -1.66. The molecule has 0 unspecified atom stereocenters. The van der Waals surface area contributed by atoms with Crippen LogP contribution in [0, 0.1) is 12.8 Å². The molecule has 1 aromatic carbocycles. The first-order valence-corrected chi connectivity index (χ1v) is 6.90. The first-order chi connectivity index (χ1) is 9.82. The zero-order chi connectivity index (χ0) is 15.6. The summed E-state index contributed by atoms with van der Waals surface area (Å²) in [6.45, 7) is 6.19. The monoisotopic (exact) mass is 297 g/mol. The van der Waals surface area contributed by atoms with Crippen molar-refractivity contribution in [3.8, 4) is 0 Å². The number of likely N-dealkylation sites (tertiary alicyclic amines) is 1. The molecule has 1 amide bonds. The van der Waals surface area contributed by atoms with Gasteiger partial charge in [-0.3, -0.25) is 4.79 Å². The van der Waals surface area contributed by atoms with Gasteiger partial charge in [0.25, 0.3) is 0 Å². The van der Waals surface area contributed by atoms with E-state index in [0.29, 0.717) is 30.6 Å². The average molecular weight is 297 g/mol. The van der Waals surface area contributed by atoms with Crippen LogP contribution in [-0.2, 0) is 17.4 Å². The van der Waals surface area contributed by atoms with Gasteiger partial charge in [-0.25, -0.2) is 0 Å². The predicted octanol–water partition coefficient (Wildman–Crippen LogP) is 3.59. The summed E-state index contributed by atoms with van der Waals surface area (Å²) in [5, 5.41) is 0. The summed E-state index contributed by atoms with van der Waals surface area (Å²) < 4.78 is 38.7. The molecule has 0 bridgehead atoms. The molecule has 1 aromatic rings. The molecule has 1 atom stereocenters. The van der Waals surface area contributed by atoms with Gasteiger partial charge in [-0.1, -0.05) is 18.7 Å². The van der Waals surface area contributed by atoms with Gasteiger partial charge in [0.1, 0.15) is 0 Å². The second-order valence-electron chi connectivity index (χ2n) is 5.43. The highest BCUT2D eigenvalue weighted by atomic mass is 19.4. The van der Waals surface area contributed by atoms with E-state index in [-0.39, 0.29) is 11.8 Å². The van der Waals surface area contributed by atoms with Gasteiger partial charge in [-0.2, -0.15) is 13.2 Å². The molecule has 21 heavy (non-hydrogen) atoms. The highest BCUT2D eigenvalue weighted by Crippen LogP contribution is 2.34. The Balaban J connectivity index is 2.11. The Morgan fingerprint density at radius 3 is 2.81 bits per heavy atom. The zero-order valence-electron chi connectivity index (χ0n) is 11.9. The van der Waals surface area contributed by atoms with Crippen LogP contribution in [0.3, 0.4) is 0 Å². The Hall–Kier alpha value is -1.78. The number of nitrogens with zero attached hydrogens (tertiary/aromatic N) is 1. The van der Waals surface area contributed by atoms with Crippen molar-refractivity contribution >= 4 is 5.91 Å². The highest BCUT2D eigenvalue weighted by Gasteiger charge is 2.33. The molecule has 0 saturated carbocycles. The average Bonchev–Trinajstić information content (AvgIpc) is 2.87. The molecule has 2 rings (SSSR count). The number of carbonyl (C=O) groups is 1. The molecule has 0 N–H and O–H groups in total. The molecule has 5 heteroatoms. The van der Waals surface area contributed by atoms with Crippen molar-refractivity contribution in [3.05, 3.63) is 47.5 Å². The molecule has 0 aliphatic carbocycles. The topological polar surface area (TPSA) is 20.3 Å². The lowest BCUT2D eigenvalue weighted by Crippen LogP contribution is -2.27. The maximum atomic E-state index is 12.9. The number of hydrogen-bond donors (Lipinski definition) is 0. The lowest BCUT2D eigenvalue weighted by Gasteiger charge is -2.17. The summed E-state index contributed by atoms with van der Waals surface area (Å²) in [7, 11) is 0. The first kappa shape index (κ1) is 15.6. The Morgan fingerprint density at radius 1 is 1.48 bits per heavy atom. The minimum atomic E-state index is -4.32. The van der Waals surface area contributed by atoms with Gasteiger partial charge in [-0.05, 0) is 49.0 Å². The van der Waals surface area contributed by atoms with E-state index < -0.39 is 11.7 Å². The fourth-order valence-corrected chi connectivity index (χ4v) is 2.85. The van der Waals surface area contributed by atoms with Crippen molar-refractivity contribution < 1.29 is 18.0 Å². The summed E-state index contributed by atoms with van der Waals surface area (Å²) in [6, 6.07) is 4.30. The smallest absolute Gasteiger partial charge is 0.339 e. The fraction of sp³-hybridized carbons (Fsp3) is 0.438. The van der Waals surface area contributed by atoms with Crippen LogP contribution in [0.4, 0.5) is 13.2 Å². The molecule has 1 saturated heterocycles. The number of carbonyl (C=O) groups excluding carboxylic acids is 1. The lowest BCUT2D eigenvalue weighted by atomic mass is 9.93. The fourth-order valence-electron chi connectivity index (χ4n) is 2.85. The van der Waals surface area contributed by atoms with Crippen molar-refractivity contribution in [3.63, 3.8) is 0 Å². The molecule has 2 nitrogen and oxygen atoms in total. The van der Waals surface area contributed by atoms with E-state index in [0.717, 1.165) is 12.5 Å². The normalized spacial score (nSPS) is 18.9. The van der Waals surface area contributed by atoms with Gasteiger partial charge < -0.3 is 4.90 Å². The second-order valence-corrected chi connectivity index (χ2v) is 5.43. The Labute approximate surface area is 122 Å². The van der Waals surface area contributed by atoms with E-state index in [1.165, 1.54) is 19.1 Å². The molecule has 1 aliphatic rings. The number of alkyl halides is 3. The maximum Gasteiger partial charge on any atom is 0.416 e. The molecule has 0 radical (unpaired) electrons. The molecule has 0 aromatic heterocycles. The molecular formula is C16H18F3NO. The third kappa shape index (κ3) is 3.46. The Kier molecular flexibility index (Phi) is 4.40. The Bertz CT molecular complexity index is 551. The van der Waals surface area contributed by atoms with Crippen molar-refractivity contribution in [2.24, 2.45) is 5.92 Å². The van der Waals surface area contributed by atoms with Gasteiger partial charge in [0, 0.05) is 13.1 Å². The number of benzene rings is 1. The van der Waals surface area contributed by atoms with E-state index >= 15 is 0 Å². The SMILES string of the molecule is C=CC(=O)N1CC[C@H](Cc2cccc(C(F)(F)F)c2C)C1. The van der Waals surface area contributed by atoms with E-state index in [4.69, 9.17) is 0 Å². The third-order valence-electron chi connectivity index (χ3n) is 4.03. The van der Waals surface area contributed by atoms with E-state index in [2.05, 4.69) is 6.58 Å². The van der Waals surface area contributed by atoms with Gasteiger partial charge in [-0.15, -0.1) is 0 Å². The molecule has 1 aliphatic heterocycles. The van der Waals surface area contributed by atoms with Crippen LogP contribution in [-0.4, -0.2) is 23.9 Å². The van der Waals surface area contributed by atoms with Gasteiger partial charge >= 0.3 is 6.18 Å².